The quantitative estimate of drug-likeness (QED) is 0.858. The van der Waals surface area contributed by atoms with E-state index < -0.39 is 0 Å². The average Bonchev–Trinajstić information content (AvgIpc) is 2.39. The summed E-state index contributed by atoms with van der Waals surface area (Å²) in [6.07, 6.45) is 0. The average molecular weight is 278 g/mol. The molecule has 19 heavy (non-hydrogen) atoms. The first kappa shape index (κ1) is 14.0. The smallest absolute Gasteiger partial charge is 0.127 e. The molecule has 0 heterocycles. The van der Waals surface area contributed by atoms with Gasteiger partial charge in [0, 0.05) is 23.2 Å². The van der Waals surface area contributed by atoms with Crippen LogP contribution in [-0.4, -0.2) is 0 Å². The number of aryl methyl sites for hydroxylation is 1. The minimum absolute atomic E-state index is 0.124. The summed E-state index contributed by atoms with van der Waals surface area (Å²) in [7, 11) is 0. The third-order valence-corrected chi connectivity index (χ3v) is 3.38. The summed E-state index contributed by atoms with van der Waals surface area (Å²) in [5.74, 6) is -0.170. The first-order valence-corrected chi connectivity index (χ1v) is 6.68. The Morgan fingerprint density at radius 2 is 2.00 bits per heavy atom. The van der Waals surface area contributed by atoms with E-state index in [1.54, 1.807) is 6.07 Å². The van der Waals surface area contributed by atoms with E-state index >= 15 is 0 Å². The van der Waals surface area contributed by atoms with E-state index in [1.165, 1.54) is 6.07 Å². The molecule has 1 atom stereocenters. The fraction of sp³-hybridized carbons (Fsp3) is 0.250. The second kappa shape index (κ2) is 6.18. The molecule has 3 heteroatoms. The summed E-state index contributed by atoms with van der Waals surface area (Å²) >= 11 is 5.96. The normalized spacial score (nSPS) is 12.4. The second-order valence-corrected chi connectivity index (χ2v) is 5.19. The maximum atomic E-state index is 13.6. The van der Waals surface area contributed by atoms with Crippen LogP contribution in [0.5, 0.6) is 0 Å². The van der Waals surface area contributed by atoms with Crippen LogP contribution in [0.3, 0.4) is 0 Å². The van der Waals surface area contributed by atoms with Crippen LogP contribution in [0.4, 0.5) is 4.39 Å². The predicted molar refractivity (Wildman–Crippen MR) is 77.8 cm³/mol. The van der Waals surface area contributed by atoms with Crippen molar-refractivity contribution in [3.05, 3.63) is 70.0 Å². The maximum Gasteiger partial charge on any atom is 0.127 e. The summed E-state index contributed by atoms with van der Waals surface area (Å²) in [4.78, 5) is 0. The predicted octanol–water partition coefficient (Wildman–Crippen LogP) is 4.64. The van der Waals surface area contributed by atoms with E-state index in [0.29, 0.717) is 17.1 Å². The van der Waals surface area contributed by atoms with E-state index in [-0.39, 0.29) is 11.9 Å². The molecular formula is C16H17ClFN. The van der Waals surface area contributed by atoms with Gasteiger partial charge in [0.15, 0.2) is 0 Å². The van der Waals surface area contributed by atoms with Gasteiger partial charge in [-0.3, -0.25) is 0 Å². The summed E-state index contributed by atoms with van der Waals surface area (Å²) < 4.78 is 13.6. The van der Waals surface area contributed by atoms with Gasteiger partial charge in [-0.2, -0.15) is 0 Å². The molecule has 0 fully saturated rings. The van der Waals surface area contributed by atoms with Gasteiger partial charge in [-0.1, -0.05) is 41.4 Å². The van der Waals surface area contributed by atoms with E-state index in [0.717, 1.165) is 11.1 Å². The van der Waals surface area contributed by atoms with Crippen molar-refractivity contribution >= 4 is 11.6 Å². The van der Waals surface area contributed by atoms with Gasteiger partial charge >= 0.3 is 0 Å². The number of hydrogen-bond donors (Lipinski definition) is 1. The van der Waals surface area contributed by atoms with Gasteiger partial charge < -0.3 is 5.32 Å². The van der Waals surface area contributed by atoms with Crippen LogP contribution in [0.1, 0.15) is 29.7 Å². The number of benzene rings is 2. The molecule has 0 unspecified atom stereocenters. The fourth-order valence-electron chi connectivity index (χ4n) is 2.00. The zero-order valence-electron chi connectivity index (χ0n) is 11.1. The molecule has 0 radical (unpaired) electrons. The number of rotatable bonds is 4. The molecule has 0 spiro atoms. The zero-order valence-corrected chi connectivity index (χ0v) is 11.8. The Hall–Kier alpha value is -1.38. The molecule has 0 aliphatic heterocycles. The van der Waals surface area contributed by atoms with Crippen molar-refractivity contribution in [2.75, 3.05) is 0 Å². The summed E-state index contributed by atoms with van der Waals surface area (Å²) in [6.45, 7) is 4.50. The summed E-state index contributed by atoms with van der Waals surface area (Å²) in [5.41, 5.74) is 2.85. The minimum atomic E-state index is -0.170. The van der Waals surface area contributed by atoms with Crippen molar-refractivity contribution in [1.29, 1.82) is 0 Å². The molecule has 2 aromatic rings. The highest BCUT2D eigenvalue weighted by Crippen LogP contribution is 2.18. The van der Waals surface area contributed by atoms with Gasteiger partial charge in [-0.25, -0.2) is 4.39 Å². The first-order chi connectivity index (χ1) is 9.06. The van der Waals surface area contributed by atoms with Crippen LogP contribution in [0.15, 0.2) is 42.5 Å². The lowest BCUT2D eigenvalue weighted by Gasteiger charge is -2.15. The van der Waals surface area contributed by atoms with Gasteiger partial charge in [0.25, 0.3) is 0 Å². The molecule has 1 nitrogen and oxygen atoms in total. The molecule has 0 aliphatic rings. The molecule has 100 valence electrons. The van der Waals surface area contributed by atoms with Crippen molar-refractivity contribution in [2.24, 2.45) is 0 Å². The van der Waals surface area contributed by atoms with Crippen LogP contribution in [0.2, 0.25) is 5.02 Å². The van der Waals surface area contributed by atoms with Crippen molar-refractivity contribution < 1.29 is 4.39 Å². The zero-order chi connectivity index (χ0) is 13.8. The van der Waals surface area contributed by atoms with E-state index in [4.69, 9.17) is 11.6 Å². The molecule has 0 amide bonds. The van der Waals surface area contributed by atoms with E-state index in [9.17, 15) is 4.39 Å². The third kappa shape index (κ3) is 3.79. The number of hydrogen-bond acceptors (Lipinski definition) is 1. The molecule has 2 aromatic carbocycles. The van der Waals surface area contributed by atoms with Crippen LogP contribution >= 0.6 is 11.6 Å². The monoisotopic (exact) mass is 277 g/mol. The van der Waals surface area contributed by atoms with E-state index in [2.05, 4.69) is 5.32 Å². The second-order valence-electron chi connectivity index (χ2n) is 4.75. The van der Waals surface area contributed by atoms with Crippen LogP contribution in [0, 0.1) is 12.7 Å². The van der Waals surface area contributed by atoms with Crippen molar-refractivity contribution in [3.63, 3.8) is 0 Å². The maximum absolute atomic E-state index is 13.6. The molecule has 0 aliphatic carbocycles. The Balaban J connectivity index is 2.04. The lowest BCUT2D eigenvalue weighted by molar-refractivity contribution is 0.544. The van der Waals surface area contributed by atoms with Crippen molar-refractivity contribution in [2.45, 2.75) is 26.4 Å². The highest BCUT2D eigenvalue weighted by atomic mass is 35.5. The molecular weight excluding hydrogens is 261 g/mol. The topological polar surface area (TPSA) is 12.0 Å². The SMILES string of the molecule is Cc1ccc(F)c(CN[C@@H](C)c2cccc(Cl)c2)c1. The van der Waals surface area contributed by atoms with Crippen molar-refractivity contribution in [1.82, 2.24) is 5.32 Å². The fourth-order valence-corrected chi connectivity index (χ4v) is 2.19. The van der Waals surface area contributed by atoms with Gasteiger partial charge in [-0.15, -0.1) is 0 Å². The Kier molecular flexibility index (Phi) is 4.56. The van der Waals surface area contributed by atoms with E-state index in [1.807, 2.05) is 44.2 Å². The molecule has 2 rings (SSSR count). The Labute approximate surface area is 118 Å². The molecule has 0 saturated carbocycles. The number of nitrogens with one attached hydrogen (secondary N) is 1. The highest BCUT2D eigenvalue weighted by Gasteiger charge is 2.07. The van der Waals surface area contributed by atoms with Gasteiger partial charge in [0.05, 0.1) is 0 Å². The van der Waals surface area contributed by atoms with Gasteiger partial charge in [-0.05, 0) is 37.6 Å². The molecule has 1 N–H and O–H groups in total. The third-order valence-electron chi connectivity index (χ3n) is 3.15. The largest absolute Gasteiger partial charge is 0.306 e. The lowest BCUT2D eigenvalue weighted by Crippen LogP contribution is -2.18. The van der Waals surface area contributed by atoms with Crippen LogP contribution in [0.25, 0.3) is 0 Å². The standard InChI is InChI=1S/C16H17ClFN/c1-11-6-7-16(18)14(8-11)10-19-12(2)13-4-3-5-15(17)9-13/h3-9,12,19H,10H2,1-2H3/t12-/m0/s1. The van der Waals surface area contributed by atoms with Gasteiger partial charge in [0.2, 0.25) is 0 Å². The van der Waals surface area contributed by atoms with Crippen LogP contribution in [-0.2, 0) is 6.54 Å². The van der Waals surface area contributed by atoms with Crippen LogP contribution < -0.4 is 5.32 Å². The highest BCUT2D eigenvalue weighted by molar-refractivity contribution is 6.30. The Morgan fingerprint density at radius 1 is 1.21 bits per heavy atom. The Morgan fingerprint density at radius 3 is 2.74 bits per heavy atom. The summed E-state index contributed by atoms with van der Waals surface area (Å²) in [5, 5.41) is 4.03. The van der Waals surface area contributed by atoms with Crippen molar-refractivity contribution in [3.8, 4) is 0 Å². The lowest BCUT2D eigenvalue weighted by atomic mass is 10.1. The van der Waals surface area contributed by atoms with Gasteiger partial charge in [0.1, 0.15) is 5.82 Å². The molecule has 0 bridgehead atoms. The number of halogens is 2. The first-order valence-electron chi connectivity index (χ1n) is 6.30. The molecule has 0 saturated heterocycles. The minimum Gasteiger partial charge on any atom is -0.306 e. The molecule has 0 aromatic heterocycles. The Bertz CT molecular complexity index is 568. The summed E-state index contributed by atoms with van der Waals surface area (Å²) in [6, 6.07) is 13.0.